The number of thiophene rings is 1. The van der Waals surface area contributed by atoms with Crippen molar-refractivity contribution in [2.75, 3.05) is 54.6 Å². The Labute approximate surface area is 182 Å². The molecule has 0 saturated carbocycles. The number of carbonyl (C=O) groups is 1. The summed E-state index contributed by atoms with van der Waals surface area (Å²) in [5.74, 6) is 1.22. The zero-order chi connectivity index (χ0) is 21.7. The summed E-state index contributed by atoms with van der Waals surface area (Å²) in [5.41, 5.74) is 0.472. The summed E-state index contributed by atoms with van der Waals surface area (Å²) < 4.78 is 16.1. The van der Waals surface area contributed by atoms with Crippen molar-refractivity contribution in [3.63, 3.8) is 0 Å². The monoisotopic (exact) mass is 433 g/mol. The summed E-state index contributed by atoms with van der Waals surface area (Å²) in [6.07, 6.45) is 0. The molecular formula is C22H31N3O4S. The number of likely N-dealkylation sites (N-methyl/N-ethyl adjacent to an activating group) is 1. The predicted octanol–water partition coefficient (Wildman–Crippen LogP) is 2.88. The Balaban J connectivity index is 1.82. The molecule has 30 heavy (non-hydrogen) atoms. The van der Waals surface area contributed by atoms with Crippen LogP contribution in [0.4, 0.5) is 0 Å². The molecule has 0 aliphatic carbocycles. The highest BCUT2D eigenvalue weighted by atomic mass is 32.1. The Hall–Kier alpha value is -2.29. The van der Waals surface area contributed by atoms with Gasteiger partial charge in [-0.1, -0.05) is 6.07 Å². The SMILES string of the molecule is COc1cc(C(=O)N[C@@H](C)[C@H](c2cccs2)N2CCN(C)CC2)cc(OC)c1OC. The minimum atomic E-state index is -0.169. The van der Waals surface area contributed by atoms with Gasteiger partial charge in [0.15, 0.2) is 11.5 Å². The maximum Gasteiger partial charge on any atom is 0.251 e. The molecule has 1 N–H and O–H groups in total. The van der Waals surface area contributed by atoms with E-state index < -0.39 is 0 Å². The lowest BCUT2D eigenvalue weighted by Crippen LogP contribution is -2.51. The smallest absolute Gasteiger partial charge is 0.251 e. The summed E-state index contributed by atoms with van der Waals surface area (Å²) in [7, 11) is 6.78. The van der Waals surface area contributed by atoms with Crippen molar-refractivity contribution < 1.29 is 19.0 Å². The van der Waals surface area contributed by atoms with Crippen LogP contribution in [0.3, 0.4) is 0 Å². The Morgan fingerprint density at radius 1 is 1.07 bits per heavy atom. The Bertz CT molecular complexity index is 810. The van der Waals surface area contributed by atoms with E-state index in [1.165, 1.54) is 4.88 Å². The number of ether oxygens (including phenoxy) is 3. The molecule has 1 aromatic heterocycles. The van der Waals surface area contributed by atoms with Gasteiger partial charge in [0.1, 0.15) is 0 Å². The molecule has 8 heteroatoms. The fraction of sp³-hybridized carbons (Fsp3) is 0.500. The van der Waals surface area contributed by atoms with Gasteiger partial charge < -0.3 is 24.4 Å². The van der Waals surface area contributed by atoms with Crippen LogP contribution in [0.2, 0.25) is 0 Å². The Morgan fingerprint density at radius 3 is 2.20 bits per heavy atom. The van der Waals surface area contributed by atoms with Crippen LogP contribution >= 0.6 is 11.3 Å². The third-order valence-corrected chi connectivity index (χ3v) is 6.47. The van der Waals surface area contributed by atoms with Gasteiger partial charge in [-0.05, 0) is 37.6 Å². The number of carbonyl (C=O) groups excluding carboxylic acids is 1. The molecule has 0 radical (unpaired) electrons. The summed E-state index contributed by atoms with van der Waals surface area (Å²) in [6.45, 7) is 6.07. The van der Waals surface area contributed by atoms with Crippen molar-refractivity contribution in [1.82, 2.24) is 15.1 Å². The number of hydrogen-bond donors (Lipinski definition) is 1. The molecular weight excluding hydrogens is 402 g/mol. The normalized spacial score (nSPS) is 17.2. The van der Waals surface area contributed by atoms with E-state index in [9.17, 15) is 4.79 Å². The fourth-order valence-corrected chi connectivity index (χ4v) is 4.85. The van der Waals surface area contributed by atoms with Crippen molar-refractivity contribution in [2.24, 2.45) is 0 Å². The lowest BCUT2D eigenvalue weighted by atomic mass is 10.0. The summed E-state index contributed by atoms with van der Waals surface area (Å²) in [4.78, 5) is 19.2. The van der Waals surface area contributed by atoms with Gasteiger partial charge in [0.2, 0.25) is 5.75 Å². The molecule has 0 spiro atoms. The van der Waals surface area contributed by atoms with E-state index in [1.54, 1.807) is 44.8 Å². The third-order valence-electron chi connectivity index (χ3n) is 5.53. The van der Waals surface area contributed by atoms with Gasteiger partial charge in [-0.3, -0.25) is 9.69 Å². The minimum Gasteiger partial charge on any atom is -0.493 e. The first-order valence-corrected chi connectivity index (χ1v) is 10.9. The third kappa shape index (κ3) is 4.88. The topological polar surface area (TPSA) is 63.3 Å². The van der Waals surface area contributed by atoms with E-state index in [4.69, 9.17) is 14.2 Å². The highest BCUT2D eigenvalue weighted by Crippen LogP contribution is 2.38. The predicted molar refractivity (Wildman–Crippen MR) is 119 cm³/mol. The maximum absolute atomic E-state index is 13.1. The quantitative estimate of drug-likeness (QED) is 0.691. The number of piperazine rings is 1. The van der Waals surface area contributed by atoms with Gasteiger partial charge in [0.05, 0.1) is 27.4 Å². The highest BCUT2D eigenvalue weighted by Gasteiger charge is 2.30. The molecule has 164 valence electrons. The molecule has 7 nitrogen and oxygen atoms in total. The Morgan fingerprint density at radius 2 is 1.70 bits per heavy atom. The summed E-state index contributed by atoms with van der Waals surface area (Å²) in [5, 5.41) is 5.28. The van der Waals surface area contributed by atoms with Crippen LogP contribution in [0, 0.1) is 0 Å². The van der Waals surface area contributed by atoms with Crippen molar-refractivity contribution in [2.45, 2.75) is 19.0 Å². The van der Waals surface area contributed by atoms with Gasteiger partial charge in [-0.2, -0.15) is 0 Å². The van der Waals surface area contributed by atoms with E-state index in [-0.39, 0.29) is 18.0 Å². The second-order valence-corrected chi connectivity index (χ2v) is 8.45. The molecule has 2 atom stereocenters. The minimum absolute atomic E-state index is 0.0707. The number of benzene rings is 1. The number of nitrogens with zero attached hydrogens (tertiary/aromatic N) is 2. The zero-order valence-corrected chi connectivity index (χ0v) is 19.1. The van der Waals surface area contributed by atoms with Crippen molar-refractivity contribution in [3.05, 3.63) is 40.1 Å². The molecule has 3 rings (SSSR count). The van der Waals surface area contributed by atoms with Crippen molar-refractivity contribution in [3.8, 4) is 17.2 Å². The van der Waals surface area contributed by atoms with E-state index in [2.05, 4.69) is 46.6 Å². The number of hydrogen-bond acceptors (Lipinski definition) is 7. The molecule has 0 bridgehead atoms. The van der Waals surface area contributed by atoms with E-state index in [0.29, 0.717) is 22.8 Å². The van der Waals surface area contributed by atoms with Gasteiger partial charge in [-0.25, -0.2) is 0 Å². The van der Waals surface area contributed by atoms with Gasteiger partial charge in [0.25, 0.3) is 5.91 Å². The lowest BCUT2D eigenvalue weighted by Gasteiger charge is -2.40. The standard InChI is InChI=1S/C22H31N3O4S/c1-15(20(19-7-6-12-30-19)25-10-8-24(2)9-11-25)23-22(26)16-13-17(27-3)21(29-5)18(14-16)28-4/h6-7,12-15,20H,8-11H2,1-5H3,(H,23,26)/t15-,20+/m0/s1. The van der Waals surface area contributed by atoms with Crippen LogP contribution < -0.4 is 19.5 Å². The number of amides is 1. The van der Waals surface area contributed by atoms with E-state index in [0.717, 1.165) is 26.2 Å². The molecule has 1 amide bonds. The zero-order valence-electron chi connectivity index (χ0n) is 18.3. The van der Waals surface area contributed by atoms with Crippen LogP contribution in [-0.2, 0) is 0 Å². The summed E-state index contributed by atoms with van der Waals surface area (Å²) in [6, 6.07) is 7.63. The van der Waals surface area contributed by atoms with Gasteiger partial charge >= 0.3 is 0 Å². The van der Waals surface area contributed by atoms with E-state index >= 15 is 0 Å². The first kappa shape index (κ1) is 22.4. The molecule has 1 fully saturated rings. The Kier molecular flexibility index (Phi) is 7.58. The largest absolute Gasteiger partial charge is 0.493 e. The lowest BCUT2D eigenvalue weighted by molar-refractivity contribution is 0.0798. The second kappa shape index (κ2) is 10.1. The number of rotatable bonds is 8. The van der Waals surface area contributed by atoms with Crippen LogP contribution in [0.1, 0.15) is 28.2 Å². The highest BCUT2D eigenvalue weighted by molar-refractivity contribution is 7.10. The molecule has 2 aromatic rings. The molecule has 1 aromatic carbocycles. The second-order valence-electron chi connectivity index (χ2n) is 7.48. The average Bonchev–Trinajstić information content (AvgIpc) is 3.28. The molecule has 0 unspecified atom stereocenters. The van der Waals surface area contributed by atoms with Gasteiger partial charge in [-0.15, -0.1) is 11.3 Å². The summed E-state index contributed by atoms with van der Waals surface area (Å²) >= 11 is 1.73. The number of nitrogens with one attached hydrogen (secondary N) is 1. The van der Waals surface area contributed by atoms with Gasteiger partial charge in [0, 0.05) is 42.7 Å². The van der Waals surface area contributed by atoms with E-state index in [1.807, 2.05) is 0 Å². The number of methoxy groups -OCH3 is 3. The first-order valence-electron chi connectivity index (χ1n) is 10.0. The first-order chi connectivity index (χ1) is 14.5. The fourth-order valence-electron chi connectivity index (χ4n) is 3.88. The van der Waals surface area contributed by atoms with Crippen LogP contribution in [0.25, 0.3) is 0 Å². The average molecular weight is 434 g/mol. The van der Waals surface area contributed by atoms with Crippen LogP contribution in [-0.4, -0.2) is 76.3 Å². The molecule has 2 heterocycles. The van der Waals surface area contributed by atoms with Crippen molar-refractivity contribution in [1.29, 1.82) is 0 Å². The molecule has 1 saturated heterocycles. The molecule has 1 aliphatic heterocycles. The van der Waals surface area contributed by atoms with Crippen molar-refractivity contribution >= 4 is 17.2 Å². The maximum atomic E-state index is 13.1. The van der Waals surface area contributed by atoms with Crippen LogP contribution in [0.15, 0.2) is 29.6 Å². The van der Waals surface area contributed by atoms with Crippen LogP contribution in [0.5, 0.6) is 17.2 Å². The molecule has 1 aliphatic rings.